The first-order chi connectivity index (χ1) is 9.15. The van der Waals surface area contributed by atoms with Crippen LogP contribution in [-0.4, -0.2) is 41.4 Å². The van der Waals surface area contributed by atoms with Gasteiger partial charge in [-0.1, -0.05) is 12.1 Å². The topological polar surface area (TPSA) is 75.4 Å². The largest absolute Gasteiger partial charge is 0.399 e. The number of nitrogen functional groups attached to an aromatic ring is 1. The van der Waals surface area contributed by atoms with E-state index in [0.717, 1.165) is 17.7 Å². The molecule has 0 radical (unpaired) electrons. The molecule has 0 atom stereocenters. The van der Waals surface area contributed by atoms with E-state index in [0.29, 0.717) is 18.2 Å². The van der Waals surface area contributed by atoms with Gasteiger partial charge in [-0.25, -0.2) is 0 Å². The van der Waals surface area contributed by atoms with Gasteiger partial charge in [0.05, 0.1) is 11.6 Å². The molecule has 2 rings (SSSR count). The molecule has 2 amide bonds. The third-order valence-corrected chi connectivity index (χ3v) is 3.82. The van der Waals surface area contributed by atoms with Crippen molar-refractivity contribution in [3.63, 3.8) is 0 Å². The van der Waals surface area contributed by atoms with Crippen LogP contribution in [0.5, 0.6) is 0 Å². The van der Waals surface area contributed by atoms with Crippen molar-refractivity contribution in [1.29, 1.82) is 0 Å². The van der Waals surface area contributed by atoms with Crippen molar-refractivity contribution in [3.8, 4) is 0 Å². The van der Waals surface area contributed by atoms with Crippen LogP contribution in [0.15, 0.2) is 24.3 Å². The van der Waals surface area contributed by atoms with Crippen molar-refractivity contribution in [1.82, 2.24) is 10.2 Å². The first-order valence-electron chi connectivity index (χ1n) is 6.12. The number of amides is 2. The monoisotopic (exact) mass is 315 g/mol. The van der Waals surface area contributed by atoms with Crippen molar-refractivity contribution in [3.05, 3.63) is 29.8 Å². The van der Waals surface area contributed by atoms with Crippen LogP contribution in [0.4, 0.5) is 5.69 Å². The summed E-state index contributed by atoms with van der Waals surface area (Å²) >= 11 is 1.54. The number of nitrogens with one attached hydrogen (secondary N) is 1. The fourth-order valence-electron chi connectivity index (χ4n) is 1.80. The Balaban J connectivity index is 0.00000200. The zero-order valence-corrected chi connectivity index (χ0v) is 12.6. The summed E-state index contributed by atoms with van der Waals surface area (Å²) in [5, 5.41) is 2.82. The van der Waals surface area contributed by atoms with Gasteiger partial charge in [0.15, 0.2) is 0 Å². The highest BCUT2D eigenvalue weighted by molar-refractivity contribution is 8.00. The highest BCUT2D eigenvalue weighted by Crippen LogP contribution is 2.13. The molecule has 1 heterocycles. The van der Waals surface area contributed by atoms with E-state index in [1.54, 1.807) is 4.90 Å². The maximum atomic E-state index is 11.7. The fraction of sp³-hybridized carbons (Fsp3) is 0.385. The lowest BCUT2D eigenvalue weighted by molar-refractivity contribution is -0.132. The lowest BCUT2D eigenvalue weighted by Gasteiger charge is -2.14. The van der Waals surface area contributed by atoms with Crippen LogP contribution in [-0.2, 0) is 16.0 Å². The minimum absolute atomic E-state index is 0. The normalized spacial score (nSPS) is 14.0. The highest BCUT2D eigenvalue weighted by atomic mass is 35.5. The van der Waals surface area contributed by atoms with E-state index in [4.69, 9.17) is 5.73 Å². The molecule has 0 bridgehead atoms. The number of nitrogens with two attached hydrogens (primary N) is 1. The predicted octanol–water partition coefficient (Wildman–Crippen LogP) is 0.882. The smallest absolute Gasteiger partial charge is 0.239 e. The standard InChI is InChI=1S/C13H17N3O2S.ClH/c14-11-3-1-10(2-4-11)5-6-15-12(17)7-16-9-19-8-13(16)18;/h1-4H,5-9,14H2,(H,15,17);1H. The van der Waals surface area contributed by atoms with Crippen molar-refractivity contribution in [2.45, 2.75) is 6.42 Å². The molecule has 1 aromatic rings. The summed E-state index contributed by atoms with van der Waals surface area (Å²) in [5.41, 5.74) is 7.46. The van der Waals surface area contributed by atoms with E-state index in [9.17, 15) is 9.59 Å². The highest BCUT2D eigenvalue weighted by Gasteiger charge is 2.22. The summed E-state index contributed by atoms with van der Waals surface area (Å²) in [4.78, 5) is 24.6. The van der Waals surface area contributed by atoms with Crippen LogP contribution < -0.4 is 11.1 Å². The number of benzene rings is 1. The van der Waals surface area contributed by atoms with E-state index in [1.165, 1.54) is 11.8 Å². The number of hydrogen-bond donors (Lipinski definition) is 2. The summed E-state index contributed by atoms with van der Waals surface area (Å²) in [6, 6.07) is 7.58. The van der Waals surface area contributed by atoms with Gasteiger partial charge < -0.3 is 16.0 Å². The van der Waals surface area contributed by atoms with Crippen molar-refractivity contribution in [2.24, 2.45) is 0 Å². The van der Waals surface area contributed by atoms with Gasteiger partial charge in [0.2, 0.25) is 11.8 Å². The molecule has 3 N–H and O–H groups in total. The summed E-state index contributed by atoms with van der Waals surface area (Å²) < 4.78 is 0. The SMILES string of the molecule is Cl.Nc1ccc(CCNC(=O)CN2CSCC2=O)cc1. The van der Waals surface area contributed by atoms with Crippen molar-refractivity contribution < 1.29 is 9.59 Å². The van der Waals surface area contributed by atoms with Gasteiger partial charge in [0.1, 0.15) is 6.54 Å². The number of nitrogens with zero attached hydrogens (tertiary/aromatic N) is 1. The van der Waals surface area contributed by atoms with Gasteiger partial charge in [-0.2, -0.15) is 0 Å². The van der Waals surface area contributed by atoms with E-state index in [2.05, 4.69) is 5.32 Å². The van der Waals surface area contributed by atoms with Gasteiger partial charge in [0, 0.05) is 12.2 Å². The molecule has 0 saturated carbocycles. The van der Waals surface area contributed by atoms with Gasteiger partial charge in [-0.15, -0.1) is 24.2 Å². The Morgan fingerprint density at radius 3 is 2.65 bits per heavy atom. The van der Waals surface area contributed by atoms with Crippen molar-refractivity contribution >= 4 is 41.7 Å². The molecule has 0 aliphatic carbocycles. The summed E-state index contributed by atoms with van der Waals surface area (Å²) in [7, 11) is 0. The third-order valence-electron chi connectivity index (χ3n) is 2.88. The Morgan fingerprint density at radius 1 is 1.35 bits per heavy atom. The molecular formula is C13H18ClN3O2S. The minimum atomic E-state index is -0.105. The second-order valence-corrected chi connectivity index (χ2v) is 5.37. The van der Waals surface area contributed by atoms with Crippen LogP contribution in [0.2, 0.25) is 0 Å². The van der Waals surface area contributed by atoms with Gasteiger partial charge in [-0.3, -0.25) is 9.59 Å². The Labute approximate surface area is 128 Å². The van der Waals surface area contributed by atoms with E-state index >= 15 is 0 Å². The zero-order valence-electron chi connectivity index (χ0n) is 11.0. The first kappa shape index (κ1) is 16.7. The summed E-state index contributed by atoms with van der Waals surface area (Å²) in [6.45, 7) is 0.728. The summed E-state index contributed by atoms with van der Waals surface area (Å²) in [5.74, 6) is 1.04. The number of rotatable bonds is 5. The Hall–Kier alpha value is -1.40. The molecule has 0 unspecified atom stereocenters. The minimum Gasteiger partial charge on any atom is -0.399 e. The quantitative estimate of drug-likeness (QED) is 0.791. The number of halogens is 1. The Morgan fingerprint density at radius 2 is 2.05 bits per heavy atom. The lowest BCUT2D eigenvalue weighted by atomic mass is 10.1. The second kappa shape index (κ2) is 8.01. The van der Waals surface area contributed by atoms with E-state index in [1.807, 2.05) is 24.3 Å². The van der Waals surface area contributed by atoms with E-state index in [-0.39, 0.29) is 30.8 Å². The van der Waals surface area contributed by atoms with Crippen LogP contribution in [0.25, 0.3) is 0 Å². The molecule has 0 spiro atoms. The Bertz CT molecular complexity index is 467. The van der Waals surface area contributed by atoms with Gasteiger partial charge in [0.25, 0.3) is 0 Å². The number of carbonyl (C=O) groups is 2. The average Bonchev–Trinajstić information content (AvgIpc) is 2.78. The van der Waals surface area contributed by atoms with Crippen LogP contribution in [0.1, 0.15) is 5.56 Å². The molecule has 0 aromatic heterocycles. The van der Waals surface area contributed by atoms with Crippen LogP contribution >= 0.6 is 24.2 Å². The summed E-state index contributed by atoms with van der Waals surface area (Å²) in [6.07, 6.45) is 0.759. The molecule has 7 heteroatoms. The molecule has 5 nitrogen and oxygen atoms in total. The molecule has 1 saturated heterocycles. The van der Waals surface area contributed by atoms with Crippen LogP contribution in [0, 0.1) is 0 Å². The number of hydrogen-bond acceptors (Lipinski definition) is 4. The lowest BCUT2D eigenvalue weighted by Crippen LogP contribution is -2.38. The molecule has 1 aliphatic heterocycles. The third kappa shape index (κ3) is 4.94. The fourth-order valence-corrected chi connectivity index (χ4v) is 2.70. The van der Waals surface area contributed by atoms with E-state index < -0.39 is 0 Å². The molecule has 1 fully saturated rings. The zero-order chi connectivity index (χ0) is 13.7. The average molecular weight is 316 g/mol. The van der Waals surface area contributed by atoms with Gasteiger partial charge in [-0.05, 0) is 24.1 Å². The van der Waals surface area contributed by atoms with Gasteiger partial charge >= 0.3 is 0 Å². The number of anilines is 1. The molecule has 110 valence electrons. The first-order valence-corrected chi connectivity index (χ1v) is 7.27. The molecule has 20 heavy (non-hydrogen) atoms. The number of thioether (sulfide) groups is 1. The number of carbonyl (C=O) groups excluding carboxylic acids is 2. The molecular weight excluding hydrogens is 298 g/mol. The maximum Gasteiger partial charge on any atom is 0.239 e. The van der Waals surface area contributed by atoms with Crippen LogP contribution in [0.3, 0.4) is 0 Å². The molecule has 1 aliphatic rings. The maximum absolute atomic E-state index is 11.7. The molecule has 1 aromatic carbocycles. The Kier molecular flexibility index (Phi) is 6.67. The van der Waals surface area contributed by atoms with Crippen molar-refractivity contribution in [2.75, 3.05) is 30.5 Å². The predicted molar refractivity (Wildman–Crippen MR) is 83.9 cm³/mol. The second-order valence-electron chi connectivity index (χ2n) is 4.41.